The topological polar surface area (TPSA) is 110 Å². The number of carbonyl (C=O) groups excluding carboxylic acids is 1. The molecule has 1 atom stereocenters. The van der Waals surface area contributed by atoms with Gasteiger partial charge >= 0.3 is 11.0 Å². The van der Waals surface area contributed by atoms with Crippen LogP contribution in [0.4, 0.5) is 5.00 Å². The van der Waals surface area contributed by atoms with E-state index in [1.807, 2.05) is 0 Å². The number of thiophene rings is 1. The number of nitro groups is 1. The van der Waals surface area contributed by atoms with E-state index in [9.17, 15) is 19.7 Å². The molecule has 0 aliphatic rings. The van der Waals surface area contributed by atoms with Gasteiger partial charge in [0.1, 0.15) is 6.04 Å². The highest BCUT2D eigenvalue weighted by molar-refractivity contribution is 7.13. The van der Waals surface area contributed by atoms with Gasteiger partial charge in [-0.3, -0.25) is 14.9 Å². The summed E-state index contributed by atoms with van der Waals surface area (Å²) in [4.78, 5) is 32.5. The molecule has 0 aromatic carbocycles. The molecular weight excluding hydrogens is 260 g/mol. The highest BCUT2D eigenvalue weighted by Gasteiger charge is 2.25. The second-order valence-corrected chi connectivity index (χ2v) is 4.85. The first kappa shape index (κ1) is 14.1. The molecule has 0 aliphatic carbocycles. The Bertz CT molecular complexity index is 482. The molecule has 18 heavy (non-hydrogen) atoms. The van der Waals surface area contributed by atoms with Crippen molar-refractivity contribution in [2.75, 3.05) is 0 Å². The molecule has 0 spiro atoms. The molecule has 0 aliphatic heterocycles. The molecule has 98 valence electrons. The minimum absolute atomic E-state index is 0.0959. The van der Waals surface area contributed by atoms with Crippen LogP contribution in [0.5, 0.6) is 0 Å². The number of carbonyl (C=O) groups is 2. The Kier molecular flexibility index (Phi) is 4.38. The fourth-order valence-electron chi connectivity index (χ4n) is 1.28. The molecule has 7 nitrogen and oxygen atoms in total. The Balaban J connectivity index is 2.80. The first-order valence-electron chi connectivity index (χ1n) is 5.09. The molecule has 0 saturated heterocycles. The van der Waals surface area contributed by atoms with E-state index < -0.39 is 22.8 Å². The van der Waals surface area contributed by atoms with Crippen molar-refractivity contribution in [3.8, 4) is 0 Å². The van der Waals surface area contributed by atoms with Gasteiger partial charge in [-0.1, -0.05) is 25.2 Å². The highest BCUT2D eigenvalue weighted by Crippen LogP contribution is 2.22. The number of nitrogens with one attached hydrogen (secondary N) is 1. The molecule has 8 heteroatoms. The van der Waals surface area contributed by atoms with Crippen molar-refractivity contribution in [2.45, 2.75) is 19.9 Å². The van der Waals surface area contributed by atoms with Crippen LogP contribution in [0.15, 0.2) is 11.4 Å². The smallest absolute Gasteiger partial charge is 0.326 e. The lowest BCUT2D eigenvalue weighted by atomic mass is 10.0. The molecular formula is C10H12N2O5S. The molecule has 1 amide bonds. The number of hydrogen-bond acceptors (Lipinski definition) is 5. The number of rotatable bonds is 5. The first-order valence-corrected chi connectivity index (χ1v) is 5.97. The van der Waals surface area contributed by atoms with Crippen molar-refractivity contribution in [1.82, 2.24) is 5.32 Å². The third-order valence-corrected chi connectivity index (χ3v) is 3.13. The highest BCUT2D eigenvalue weighted by atomic mass is 32.1. The number of amides is 1. The van der Waals surface area contributed by atoms with Crippen molar-refractivity contribution in [3.63, 3.8) is 0 Å². The zero-order valence-corrected chi connectivity index (χ0v) is 10.6. The molecule has 0 fully saturated rings. The molecule has 1 aromatic heterocycles. The Morgan fingerprint density at radius 2 is 2.11 bits per heavy atom. The monoisotopic (exact) mass is 272 g/mol. The molecule has 0 saturated carbocycles. The van der Waals surface area contributed by atoms with Gasteiger partial charge in [0, 0.05) is 11.4 Å². The van der Waals surface area contributed by atoms with E-state index in [2.05, 4.69) is 5.32 Å². The van der Waals surface area contributed by atoms with Gasteiger partial charge in [0.15, 0.2) is 0 Å². The maximum absolute atomic E-state index is 11.7. The summed E-state index contributed by atoms with van der Waals surface area (Å²) in [5.74, 6) is -2.04. The van der Waals surface area contributed by atoms with Crippen LogP contribution in [0.1, 0.15) is 24.2 Å². The number of aliphatic carboxylic acids is 1. The van der Waals surface area contributed by atoms with Crippen LogP contribution in [-0.2, 0) is 4.79 Å². The zero-order chi connectivity index (χ0) is 13.9. The van der Waals surface area contributed by atoms with E-state index in [0.29, 0.717) is 0 Å². The van der Waals surface area contributed by atoms with Crippen LogP contribution in [0.2, 0.25) is 0 Å². The average molecular weight is 272 g/mol. The molecule has 1 heterocycles. The SMILES string of the molecule is CC(C)C(NC(=O)c1csc([N+](=O)[O-])c1)C(=O)O. The number of carboxylic acid groups (broad SMARTS) is 1. The van der Waals surface area contributed by atoms with E-state index in [4.69, 9.17) is 5.11 Å². The molecule has 0 bridgehead atoms. The minimum Gasteiger partial charge on any atom is -0.480 e. The van der Waals surface area contributed by atoms with Gasteiger partial charge in [-0.2, -0.15) is 0 Å². The lowest BCUT2D eigenvalue weighted by molar-refractivity contribution is -0.380. The largest absolute Gasteiger partial charge is 0.480 e. The van der Waals surface area contributed by atoms with Gasteiger partial charge in [0.2, 0.25) is 0 Å². The van der Waals surface area contributed by atoms with E-state index in [-0.39, 0.29) is 16.5 Å². The number of hydrogen-bond donors (Lipinski definition) is 2. The van der Waals surface area contributed by atoms with Crippen LogP contribution in [0.3, 0.4) is 0 Å². The van der Waals surface area contributed by atoms with Gasteiger partial charge in [0.25, 0.3) is 5.91 Å². The van der Waals surface area contributed by atoms with Crippen molar-refractivity contribution in [1.29, 1.82) is 0 Å². The average Bonchev–Trinajstić information content (AvgIpc) is 2.73. The Morgan fingerprint density at radius 3 is 2.50 bits per heavy atom. The second kappa shape index (κ2) is 5.58. The fourth-order valence-corrected chi connectivity index (χ4v) is 1.98. The van der Waals surface area contributed by atoms with E-state index in [0.717, 1.165) is 17.4 Å². The maximum atomic E-state index is 11.7. The standard InChI is InChI=1S/C10H12N2O5S/c1-5(2)8(10(14)15)11-9(13)6-3-7(12(16)17)18-4-6/h3-5,8H,1-2H3,(H,11,13)(H,14,15). The normalized spacial score (nSPS) is 12.2. The van der Waals surface area contributed by atoms with Gasteiger partial charge in [0.05, 0.1) is 10.5 Å². The molecule has 1 unspecified atom stereocenters. The van der Waals surface area contributed by atoms with Crippen LogP contribution in [0.25, 0.3) is 0 Å². The molecule has 1 aromatic rings. The van der Waals surface area contributed by atoms with Gasteiger partial charge in [-0.15, -0.1) is 0 Å². The minimum atomic E-state index is -1.14. The van der Waals surface area contributed by atoms with Crippen LogP contribution in [0, 0.1) is 16.0 Å². The number of nitrogens with zero attached hydrogens (tertiary/aromatic N) is 1. The van der Waals surface area contributed by atoms with Gasteiger partial charge in [-0.25, -0.2) is 4.79 Å². The van der Waals surface area contributed by atoms with Crippen LogP contribution < -0.4 is 5.32 Å². The predicted molar refractivity (Wildman–Crippen MR) is 64.7 cm³/mol. The van der Waals surface area contributed by atoms with Crippen LogP contribution in [-0.4, -0.2) is 27.9 Å². The summed E-state index contributed by atoms with van der Waals surface area (Å²) in [6.45, 7) is 3.32. The van der Waals surface area contributed by atoms with Crippen molar-refractivity contribution in [3.05, 3.63) is 27.1 Å². The zero-order valence-electron chi connectivity index (χ0n) is 9.75. The summed E-state index contributed by atoms with van der Waals surface area (Å²) in [5, 5.41) is 22.9. The van der Waals surface area contributed by atoms with Crippen molar-refractivity contribution < 1.29 is 19.6 Å². The van der Waals surface area contributed by atoms with Crippen LogP contribution >= 0.6 is 11.3 Å². The Labute approximate surface area is 107 Å². The lowest BCUT2D eigenvalue weighted by Gasteiger charge is -2.17. The van der Waals surface area contributed by atoms with Crippen molar-refractivity contribution >= 4 is 28.2 Å². The van der Waals surface area contributed by atoms with E-state index >= 15 is 0 Å². The van der Waals surface area contributed by atoms with E-state index in [1.165, 1.54) is 5.38 Å². The second-order valence-electron chi connectivity index (χ2n) is 3.96. The molecule has 1 rings (SSSR count). The fraction of sp³-hybridized carbons (Fsp3) is 0.400. The summed E-state index contributed by atoms with van der Waals surface area (Å²) < 4.78 is 0. The van der Waals surface area contributed by atoms with Gasteiger partial charge in [-0.05, 0) is 5.92 Å². The third-order valence-electron chi connectivity index (χ3n) is 2.25. The molecule has 2 N–H and O–H groups in total. The predicted octanol–water partition coefficient (Wildman–Crippen LogP) is 1.50. The summed E-state index contributed by atoms with van der Waals surface area (Å²) in [6, 6.07) is 0.107. The first-order chi connectivity index (χ1) is 8.32. The lowest BCUT2D eigenvalue weighted by Crippen LogP contribution is -2.44. The Morgan fingerprint density at radius 1 is 1.50 bits per heavy atom. The van der Waals surface area contributed by atoms with Gasteiger partial charge < -0.3 is 10.4 Å². The summed E-state index contributed by atoms with van der Waals surface area (Å²) in [6.07, 6.45) is 0. The maximum Gasteiger partial charge on any atom is 0.326 e. The number of carboxylic acids is 1. The molecule has 0 radical (unpaired) electrons. The summed E-state index contributed by atoms with van der Waals surface area (Å²) >= 11 is 0.823. The summed E-state index contributed by atoms with van der Waals surface area (Å²) in [7, 11) is 0. The Hall–Kier alpha value is -1.96. The summed E-state index contributed by atoms with van der Waals surface area (Å²) in [5.41, 5.74) is 0.0959. The van der Waals surface area contributed by atoms with E-state index in [1.54, 1.807) is 13.8 Å². The quantitative estimate of drug-likeness (QED) is 0.623. The third kappa shape index (κ3) is 3.27. The van der Waals surface area contributed by atoms with Crippen molar-refractivity contribution in [2.24, 2.45) is 5.92 Å².